The summed E-state index contributed by atoms with van der Waals surface area (Å²) in [5.41, 5.74) is 18.7. The van der Waals surface area contributed by atoms with E-state index in [1.807, 2.05) is 0 Å². The molecule has 0 saturated carbocycles. The van der Waals surface area contributed by atoms with Crippen LogP contribution in [0.3, 0.4) is 0 Å². The van der Waals surface area contributed by atoms with Crippen molar-refractivity contribution in [1.82, 2.24) is 0 Å². The Labute approximate surface area is 377 Å². The van der Waals surface area contributed by atoms with Gasteiger partial charge in [-0.05, 0) is 141 Å². The van der Waals surface area contributed by atoms with E-state index in [2.05, 4.69) is 277 Å². The molecular formula is C62H48N2. The van der Waals surface area contributed by atoms with Crippen LogP contribution in [-0.2, 0) is 0 Å². The quantitative estimate of drug-likeness (QED) is 0.113. The molecule has 0 atom stereocenters. The van der Waals surface area contributed by atoms with Crippen molar-refractivity contribution in [3.05, 3.63) is 272 Å². The molecule has 0 spiro atoms. The molecule has 0 fully saturated rings. The minimum Gasteiger partial charge on any atom is -0.311 e. The molecule has 0 saturated heterocycles. The Kier molecular flexibility index (Phi) is 11.7. The first-order valence-corrected chi connectivity index (χ1v) is 22.1. The summed E-state index contributed by atoms with van der Waals surface area (Å²) in [5.74, 6) is 0. The molecule has 2 nitrogen and oxygen atoms in total. The van der Waals surface area contributed by atoms with Crippen LogP contribution in [0, 0.1) is 0 Å². The van der Waals surface area contributed by atoms with Gasteiger partial charge in [-0.25, -0.2) is 0 Å². The van der Waals surface area contributed by atoms with Crippen LogP contribution in [0.2, 0.25) is 0 Å². The van der Waals surface area contributed by atoms with Crippen LogP contribution in [0.5, 0.6) is 0 Å². The van der Waals surface area contributed by atoms with Gasteiger partial charge in [0, 0.05) is 34.1 Å². The highest BCUT2D eigenvalue weighted by Crippen LogP contribution is 2.39. The third-order valence-electron chi connectivity index (χ3n) is 11.9. The van der Waals surface area contributed by atoms with E-state index < -0.39 is 0 Å². The highest BCUT2D eigenvalue weighted by Gasteiger charge is 2.15. The van der Waals surface area contributed by atoms with Crippen molar-refractivity contribution in [1.29, 1.82) is 0 Å². The molecule has 9 aromatic rings. The van der Waals surface area contributed by atoms with E-state index >= 15 is 0 Å². The fourth-order valence-corrected chi connectivity index (χ4v) is 8.49. The molecule has 1 aliphatic carbocycles. The van der Waals surface area contributed by atoms with Crippen LogP contribution < -0.4 is 9.80 Å². The van der Waals surface area contributed by atoms with Crippen LogP contribution >= 0.6 is 0 Å². The summed E-state index contributed by atoms with van der Waals surface area (Å²) in [4.78, 5) is 4.67. The second kappa shape index (κ2) is 18.8. The summed E-state index contributed by atoms with van der Waals surface area (Å²) in [6.07, 6.45) is 13.4. The fourth-order valence-electron chi connectivity index (χ4n) is 8.49. The molecule has 0 amide bonds. The Hall–Kier alpha value is -8.20. The maximum atomic E-state index is 2.34. The van der Waals surface area contributed by atoms with Crippen LogP contribution in [0.1, 0.15) is 29.5 Å². The Morgan fingerprint density at radius 1 is 0.266 bits per heavy atom. The van der Waals surface area contributed by atoms with Crippen molar-refractivity contribution in [2.75, 3.05) is 9.80 Å². The lowest BCUT2D eigenvalue weighted by atomic mass is 9.99. The third kappa shape index (κ3) is 9.04. The van der Waals surface area contributed by atoms with Gasteiger partial charge in [0.05, 0.1) is 0 Å². The SMILES string of the molecule is C1=CC(c2ccc(N(c3ccc(/C=C/c4ccc(N(c5ccc(-c6ccccc6)cc5)c5ccc(-c6ccccc6)cc5)cc4)cc3)c3ccc(-c4ccccc4)cc3)cc2)=CCC1. The third-order valence-corrected chi connectivity index (χ3v) is 11.9. The first kappa shape index (κ1) is 39.9. The second-order valence-electron chi connectivity index (χ2n) is 16.1. The van der Waals surface area contributed by atoms with Crippen LogP contribution in [0.15, 0.2) is 255 Å². The zero-order valence-electron chi connectivity index (χ0n) is 35.7. The highest BCUT2D eigenvalue weighted by atomic mass is 15.1. The zero-order chi connectivity index (χ0) is 42.9. The maximum absolute atomic E-state index is 2.34. The van der Waals surface area contributed by atoms with Gasteiger partial charge in [0.15, 0.2) is 0 Å². The molecule has 306 valence electrons. The summed E-state index contributed by atoms with van der Waals surface area (Å²) in [7, 11) is 0. The first-order chi connectivity index (χ1) is 31.7. The molecule has 1 aliphatic rings. The standard InChI is InChI=1S/C62H48N2/c1-5-13-49(14-6-1)53-27-39-59(40-28-53)63(60-41-29-54(30-42-60)50-15-7-2-8-16-50)57-35-23-47(24-36-57)21-22-48-25-37-58(38-26-48)64(61-43-31-55(32-44-61)51-17-9-3-10-18-51)62-45-33-56(34-46-62)52-19-11-4-12-20-52/h1-3,5-11,13-46H,4,12H2/b22-21+. The number of hydrogen-bond donors (Lipinski definition) is 0. The van der Waals surface area contributed by atoms with Crippen molar-refractivity contribution in [2.45, 2.75) is 12.8 Å². The number of anilines is 6. The number of hydrogen-bond acceptors (Lipinski definition) is 2. The molecule has 0 unspecified atom stereocenters. The molecular weight excluding hydrogens is 773 g/mol. The Balaban J connectivity index is 0.907. The van der Waals surface area contributed by atoms with Crippen LogP contribution in [-0.4, -0.2) is 0 Å². The highest BCUT2D eigenvalue weighted by molar-refractivity contribution is 5.83. The van der Waals surface area contributed by atoms with Gasteiger partial charge >= 0.3 is 0 Å². The predicted octanol–water partition coefficient (Wildman–Crippen LogP) is 17.5. The van der Waals surface area contributed by atoms with E-state index in [1.165, 1.54) is 44.5 Å². The van der Waals surface area contributed by atoms with Gasteiger partial charge in [-0.15, -0.1) is 0 Å². The van der Waals surface area contributed by atoms with Gasteiger partial charge in [0.2, 0.25) is 0 Å². The lowest BCUT2D eigenvalue weighted by molar-refractivity contribution is 1.04. The van der Waals surface area contributed by atoms with Crippen molar-refractivity contribution < 1.29 is 0 Å². The molecule has 0 aliphatic heterocycles. The monoisotopic (exact) mass is 820 g/mol. The molecule has 0 N–H and O–H groups in total. The number of allylic oxidation sites excluding steroid dienone is 4. The normalized spacial score (nSPS) is 12.2. The van der Waals surface area contributed by atoms with E-state index in [1.54, 1.807) is 0 Å². The van der Waals surface area contributed by atoms with Gasteiger partial charge in [-0.3, -0.25) is 0 Å². The van der Waals surface area contributed by atoms with Crippen molar-refractivity contribution in [3.8, 4) is 33.4 Å². The molecule has 64 heavy (non-hydrogen) atoms. The number of rotatable bonds is 12. The fraction of sp³-hybridized carbons (Fsp3) is 0.0323. The van der Waals surface area contributed by atoms with E-state index in [4.69, 9.17) is 0 Å². The van der Waals surface area contributed by atoms with E-state index in [0.717, 1.165) is 58.1 Å². The minimum absolute atomic E-state index is 1.09. The second-order valence-corrected chi connectivity index (χ2v) is 16.1. The summed E-state index contributed by atoms with van der Waals surface area (Å²) in [6.45, 7) is 0. The number of benzene rings is 9. The van der Waals surface area contributed by atoms with Crippen molar-refractivity contribution in [3.63, 3.8) is 0 Å². The molecule has 0 bridgehead atoms. The molecule has 0 aromatic heterocycles. The maximum Gasteiger partial charge on any atom is 0.0462 e. The van der Waals surface area contributed by atoms with E-state index in [0.29, 0.717) is 0 Å². The zero-order valence-corrected chi connectivity index (χ0v) is 35.7. The largest absolute Gasteiger partial charge is 0.311 e. The topological polar surface area (TPSA) is 6.48 Å². The lowest BCUT2D eigenvalue weighted by Gasteiger charge is -2.26. The van der Waals surface area contributed by atoms with Crippen LogP contribution in [0.4, 0.5) is 34.1 Å². The molecule has 2 heteroatoms. The van der Waals surface area contributed by atoms with E-state index in [-0.39, 0.29) is 0 Å². The number of nitrogens with zero attached hydrogens (tertiary/aromatic N) is 2. The molecule has 0 heterocycles. The lowest BCUT2D eigenvalue weighted by Crippen LogP contribution is -2.10. The molecule has 0 radical (unpaired) electrons. The van der Waals surface area contributed by atoms with Gasteiger partial charge in [-0.1, -0.05) is 194 Å². The predicted molar refractivity (Wildman–Crippen MR) is 274 cm³/mol. The smallest absolute Gasteiger partial charge is 0.0462 e. The summed E-state index contributed by atoms with van der Waals surface area (Å²) in [5, 5.41) is 0. The summed E-state index contributed by atoms with van der Waals surface area (Å²) >= 11 is 0. The van der Waals surface area contributed by atoms with Crippen molar-refractivity contribution in [2.24, 2.45) is 0 Å². The molecule has 10 rings (SSSR count). The summed E-state index contributed by atoms with van der Waals surface area (Å²) < 4.78 is 0. The average Bonchev–Trinajstić information content (AvgIpc) is 3.38. The van der Waals surface area contributed by atoms with Gasteiger partial charge in [0.1, 0.15) is 0 Å². The van der Waals surface area contributed by atoms with E-state index in [9.17, 15) is 0 Å². The Bertz CT molecular complexity index is 2920. The average molecular weight is 821 g/mol. The van der Waals surface area contributed by atoms with Crippen LogP contribution in [0.25, 0.3) is 51.1 Å². The first-order valence-electron chi connectivity index (χ1n) is 22.1. The van der Waals surface area contributed by atoms with Gasteiger partial charge < -0.3 is 9.80 Å². The minimum atomic E-state index is 1.09. The summed E-state index contributed by atoms with van der Waals surface area (Å²) in [6, 6.07) is 84.9. The van der Waals surface area contributed by atoms with Gasteiger partial charge in [-0.2, -0.15) is 0 Å². The molecule has 9 aromatic carbocycles. The van der Waals surface area contributed by atoms with Gasteiger partial charge in [0.25, 0.3) is 0 Å². The Morgan fingerprint density at radius 2 is 0.547 bits per heavy atom. The van der Waals surface area contributed by atoms with Crippen molar-refractivity contribution >= 4 is 51.8 Å². The Morgan fingerprint density at radius 3 is 0.844 bits per heavy atom.